The van der Waals surface area contributed by atoms with Crippen LogP contribution in [0.5, 0.6) is 0 Å². The molecule has 5 nitrogen and oxygen atoms in total. The van der Waals surface area contributed by atoms with Crippen molar-refractivity contribution in [1.82, 2.24) is 14.5 Å². The molecule has 2 heterocycles. The Bertz CT molecular complexity index is 553. The van der Waals surface area contributed by atoms with E-state index in [2.05, 4.69) is 9.97 Å². The maximum absolute atomic E-state index is 11.4. The smallest absolute Gasteiger partial charge is 0.314 e. The van der Waals surface area contributed by atoms with Crippen LogP contribution in [-0.4, -0.2) is 14.5 Å². The second kappa shape index (κ2) is 3.82. The molecule has 0 aliphatic carbocycles. The van der Waals surface area contributed by atoms with Gasteiger partial charge >= 0.3 is 5.69 Å². The van der Waals surface area contributed by atoms with E-state index in [0.29, 0.717) is 0 Å². The number of aryl methyl sites for hydroxylation is 1. The number of aromatic nitrogens is 3. The minimum Gasteiger partial charge on any atom is -0.314 e. The quantitative estimate of drug-likeness (QED) is 0.798. The SMILES string of the molecule is Cc1nc(Cn2c(=O)cc[nH]c2=O)cs1. The van der Waals surface area contributed by atoms with Crippen molar-refractivity contribution >= 4 is 11.3 Å². The van der Waals surface area contributed by atoms with Gasteiger partial charge in [-0.05, 0) is 6.92 Å². The molecule has 0 bridgehead atoms. The highest BCUT2D eigenvalue weighted by molar-refractivity contribution is 7.09. The van der Waals surface area contributed by atoms with Crippen molar-refractivity contribution in [2.75, 3.05) is 0 Å². The molecule has 0 fully saturated rings. The molecule has 1 N–H and O–H groups in total. The Kier molecular flexibility index (Phi) is 2.51. The van der Waals surface area contributed by atoms with Gasteiger partial charge in [-0.15, -0.1) is 11.3 Å². The fourth-order valence-corrected chi connectivity index (χ4v) is 1.85. The van der Waals surface area contributed by atoms with Crippen LogP contribution in [0.25, 0.3) is 0 Å². The van der Waals surface area contributed by atoms with E-state index in [-0.39, 0.29) is 12.1 Å². The third-order valence-corrected chi connectivity index (χ3v) is 2.75. The van der Waals surface area contributed by atoms with Crippen LogP contribution in [-0.2, 0) is 6.54 Å². The van der Waals surface area contributed by atoms with Crippen molar-refractivity contribution in [3.05, 3.63) is 49.2 Å². The van der Waals surface area contributed by atoms with Crippen LogP contribution in [0.1, 0.15) is 10.7 Å². The molecule has 0 spiro atoms. The largest absolute Gasteiger partial charge is 0.328 e. The van der Waals surface area contributed by atoms with E-state index in [9.17, 15) is 9.59 Å². The zero-order chi connectivity index (χ0) is 10.8. The number of H-pyrrole nitrogens is 1. The average molecular weight is 223 g/mol. The number of aromatic amines is 1. The van der Waals surface area contributed by atoms with Gasteiger partial charge in [0.2, 0.25) is 0 Å². The zero-order valence-corrected chi connectivity index (χ0v) is 8.87. The topological polar surface area (TPSA) is 67.8 Å². The first-order valence-electron chi connectivity index (χ1n) is 4.36. The van der Waals surface area contributed by atoms with Crippen molar-refractivity contribution < 1.29 is 0 Å². The van der Waals surface area contributed by atoms with Crippen molar-refractivity contribution in [3.63, 3.8) is 0 Å². The number of thiazole rings is 1. The highest BCUT2D eigenvalue weighted by atomic mass is 32.1. The molecule has 0 saturated carbocycles. The Labute approximate surface area is 89.1 Å². The molecular weight excluding hydrogens is 214 g/mol. The highest BCUT2D eigenvalue weighted by Crippen LogP contribution is 2.07. The molecule has 6 heteroatoms. The second-order valence-corrected chi connectivity index (χ2v) is 4.13. The van der Waals surface area contributed by atoms with Gasteiger partial charge in [-0.1, -0.05) is 0 Å². The van der Waals surface area contributed by atoms with Crippen molar-refractivity contribution in [2.24, 2.45) is 0 Å². The summed E-state index contributed by atoms with van der Waals surface area (Å²) < 4.78 is 1.12. The van der Waals surface area contributed by atoms with E-state index in [0.717, 1.165) is 15.3 Å². The third-order valence-electron chi connectivity index (χ3n) is 1.93. The Morgan fingerprint density at radius 3 is 2.93 bits per heavy atom. The molecule has 15 heavy (non-hydrogen) atoms. The number of nitrogens with zero attached hydrogens (tertiary/aromatic N) is 2. The van der Waals surface area contributed by atoms with Gasteiger partial charge in [0, 0.05) is 17.6 Å². The van der Waals surface area contributed by atoms with Crippen molar-refractivity contribution in [2.45, 2.75) is 13.5 Å². The monoisotopic (exact) mass is 223 g/mol. The van der Waals surface area contributed by atoms with Crippen LogP contribution in [0, 0.1) is 6.92 Å². The summed E-state index contributed by atoms with van der Waals surface area (Å²) in [6.07, 6.45) is 1.34. The van der Waals surface area contributed by atoms with Crippen LogP contribution in [0.3, 0.4) is 0 Å². The number of hydrogen-bond acceptors (Lipinski definition) is 4. The maximum atomic E-state index is 11.4. The molecule has 0 aliphatic rings. The molecule has 2 aromatic rings. The summed E-state index contributed by atoms with van der Waals surface area (Å²) in [7, 11) is 0. The first-order chi connectivity index (χ1) is 7.16. The predicted octanol–water partition coefficient (Wildman–Crippen LogP) is 0.350. The number of rotatable bonds is 2. The molecular formula is C9H9N3O2S. The van der Waals surface area contributed by atoms with Crippen molar-refractivity contribution in [3.8, 4) is 0 Å². The lowest BCUT2D eigenvalue weighted by atomic mass is 10.4. The summed E-state index contributed by atoms with van der Waals surface area (Å²) in [5.41, 5.74) is 0.00820. The molecule has 0 atom stereocenters. The van der Waals surface area contributed by atoms with Crippen LogP contribution < -0.4 is 11.2 Å². The molecule has 78 valence electrons. The van der Waals surface area contributed by atoms with E-state index in [1.54, 1.807) is 0 Å². The predicted molar refractivity (Wildman–Crippen MR) is 57.3 cm³/mol. The van der Waals surface area contributed by atoms with Crippen molar-refractivity contribution in [1.29, 1.82) is 0 Å². The van der Waals surface area contributed by atoms with Gasteiger partial charge < -0.3 is 4.98 Å². The third kappa shape index (κ3) is 2.04. The summed E-state index contributed by atoms with van der Waals surface area (Å²) >= 11 is 1.50. The van der Waals surface area contributed by atoms with Crippen LogP contribution in [0.4, 0.5) is 0 Å². The molecule has 0 aromatic carbocycles. The van der Waals surface area contributed by atoms with Crippen LogP contribution >= 0.6 is 11.3 Å². The molecule has 0 unspecified atom stereocenters. The van der Waals surface area contributed by atoms with Gasteiger partial charge in [-0.2, -0.15) is 0 Å². The second-order valence-electron chi connectivity index (χ2n) is 3.07. The molecule has 0 saturated heterocycles. The van der Waals surface area contributed by atoms with Crippen LogP contribution in [0.2, 0.25) is 0 Å². The number of hydrogen-bond donors (Lipinski definition) is 1. The number of nitrogens with one attached hydrogen (secondary N) is 1. The van der Waals surface area contributed by atoms with E-state index in [4.69, 9.17) is 0 Å². The molecule has 0 radical (unpaired) electrons. The fourth-order valence-electron chi connectivity index (χ4n) is 1.24. The minimum absolute atomic E-state index is 0.222. The summed E-state index contributed by atoms with van der Waals surface area (Å²) in [5.74, 6) is 0. The van der Waals surface area contributed by atoms with Crippen LogP contribution in [0.15, 0.2) is 27.2 Å². The van der Waals surface area contributed by atoms with Gasteiger partial charge in [0.05, 0.1) is 17.2 Å². The zero-order valence-electron chi connectivity index (χ0n) is 8.06. The standard InChI is InChI=1S/C9H9N3O2S/c1-6-11-7(5-15-6)4-12-8(13)2-3-10-9(12)14/h2-3,5H,4H2,1H3,(H,10,14). The highest BCUT2D eigenvalue weighted by Gasteiger charge is 2.03. The minimum atomic E-state index is -0.409. The molecule has 0 aliphatic heterocycles. The Balaban J connectivity index is 2.40. The first-order valence-corrected chi connectivity index (χ1v) is 5.24. The lowest BCUT2D eigenvalue weighted by Gasteiger charge is -1.99. The van der Waals surface area contributed by atoms with E-state index in [1.807, 2.05) is 12.3 Å². The van der Waals surface area contributed by atoms with Gasteiger partial charge in [-0.3, -0.25) is 9.36 Å². The lowest BCUT2D eigenvalue weighted by Crippen LogP contribution is -2.34. The summed E-state index contributed by atoms with van der Waals surface area (Å²) in [6.45, 7) is 2.10. The molecule has 2 aromatic heterocycles. The fraction of sp³-hybridized carbons (Fsp3) is 0.222. The van der Waals surface area contributed by atoms with Gasteiger partial charge in [0.1, 0.15) is 0 Å². The van der Waals surface area contributed by atoms with E-state index < -0.39 is 5.69 Å². The summed E-state index contributed by atoms with van der Waals surface area (Å²) in [4.78, 5) is 29.3. The lowest BCUT2D eigenvalue weighted by molar-refractivity contribution is 0.687. The van der Waals surface area contributed by atoms with E-state index >= 15 is 0 Å². The normalized spacial score (nSPS) is 10.5. The molecule has 0 amide bonds. The van der Waals surface area contributed by atoms with E-state index in [1.165, 1.54) is 23.6 Å². The summed E-state index contributed by atoms with van der Waals surface area (Å²) in [5, 5.41) is 2.76. The van der Waals surface area contributed by atoms with Gasteiger partial charge in [0.15, 0.2) is 0 Å². The molecule has 2 rings (SSSR count). The Morgan fingerprint density at radius 2 is 2.33 bits per heavy atom. The van der Waals surface area contributed by atoms with Gasteiger partial charge in [-0.25, -0.2) is 9.78 Å². The maximum Gasteiger partial charge on any atom is 0.328 e. The first kappa shape index (κ1) is 9.85. The Morgan fingerprint density at radius 1 is 1.53 bits per heavy atom. The Hall–Kier alpha value is -1.69. The summed E-state index contributed by atoms with van der Waals surface area (Å²) in [6, 6.07) is 1.32. The average Bonchev–Trinajstić information content (AvgIpc) is 2.58. The van der Waals surface area contributed by atoms with Gasteiger partial charge in [0.25, 0.3) is 5.56 Å².